The highest BCUT2D eigenvalue weighted by molar-refractivity contribution is 7.19. The van der Waals surface area contributed by atoms with Gasteiger partial charge in [-0.05, 0) is 74.1 Å². The van der Waals surface area contributed by atoms with Crippen LogP contribution in [0.15, 0.2) is 30.6 Å². The van der Waals surface area contributed by atoms with Crippen molar-refractivity contribution in [1.29, 1.82) is 0 Å². The number of fused-ring (bicyclic) bond motifs is 3. The van der Waals surface area contributed by atoms with Gasteiger partial charge in [0, 0.05) is 30.1 Å². The van der Waals surface area contributed by atoms with Crippen LogP contribution in [0.1, 0.15) is 68.0 Å². The van der Waals surface area contributed by atoms with Crippen molar-refractivity contribution in [2.45, 2.75) is 70.9 Å². The van der Waals surface area contributed by atoms with E-state index in [1.165, 1.54) is 41.2 Å². The normalized spacial score (nSPS) is 18.8. The second-order valence-electron chi connectivity index (χ2n) is 9.77. The zero-order valence-electron chi connectivity index (χ0n) is 19.1. The number of benzene rings is 1. The van der Waals surface area contributed by atoms with Gasteiger partial charge in [-0.15, -0.1) is 11.3 Å². The Labute approximate surface area is 194 Å². The second kappa shape index (κ2) is 9.44. The summed E-state index contributed by atoms with van der Waals surface area (Å²) in [6, 6.07) is 7.87. The number of aryl methyl sites for hydroxylation is 2. The van der Waals surface area contributed by atoms with E-state index in [2.05, 4.69) is 40.1 Å². The minimum atomic E-state index is -0.139. The number of hydrogen-bond acceptors (Lipinski definition) is 5. The highest BCUT2D eigenvalue weighted by atomic mass is 32.1. The van der Waals surface area contributed by atoms with Crippen molar-refractivity contribution >= 4 is 27.4 Å². The quantitative estimate of drug-likeness (QED) is 0.472. The molecule has 0 radical (unpaired) electrons. The fraction of sp³-hybridized carbons (Fsp3) is 0.538. The van der Waals surface area contributed by atoms with Gasteiger partial charge in [-0.2, -0.15) is 0 Å². The molecule has 0 spiro atoms. The van der Waals surface area contributed by atoms with Crippen LogP contribution in [-0.4, -0.2) is 34.0 Å². The van der Waals surface area contributed by atoms with Crippen LogP contribution in [-0.2, 0) is 12.8 Å². The van der Waals surface area contributed by atoms with Crippen LogP contribution in [0.2, 0.25) is 0 Å². The second-order valence-corrected chi connectivity index (χ2v) is 10.9. The van der Waals surface area contributed by atoms with E-state index in [4.69, 9.17) is 0 Å². The summed E-state index contributed by atoms with van der Waals surface area (Å²) in [5.74, 6) is 1.45. The topological polar surface area (TPSA) is 41.0 Å². The molecule has 0 saturated carbocycles. The molecule has 1 atom stereocenters. The summed E-state index contributed by atoms with van der Waals surface area (Å²) in [4.78, 5) is 14.4. The fourth-order valence-electron chi connectivity index (χ4n) is 5.40. The summed E-state index contributed by atoms with van der Waals surface area (Å²) < 4.78 is 13.9. The molecule has 2 aromatic heterocycles. The SMILES string of the molecule is CC(C)CC(c1cccc(F)c1)N1CCC(Nc2ncnc3sc4c(c23)CCCC4)CC1. The number of halogens is 1. The molecule has 1 unspecified atom stereocenters. The van der Waals surface area contributed by atoms with Crippen molar-refractivity contribution in [2.24, 2.45) is 5.92 Å². The summed E-state index contributed by atoms with van der Waals surface area (Å²) in [5.41, 5.74) is 2.59. The Morgan fingerprint density at radius 3 is 2.75 bits per heavy atom. The van der Waals surface area contributed by atoms with E-state index in [1.54, 1.807) is 12.4 Å². The smallest absolute Gasteiger partial charge is 0.138 e. The summed E-state index contributed by atoms with van der Waals surface area (Å²) >= 11 is 1.85. The zero-order chi connectivity index (χ0) is 22.1. The van der Waals surface area contributed by atoms with Crippen LogP contribution in [0, 0.1) is 11.7 Å². The number of nitrogens with zero attached hydrogens (tertiary/aromatic N) is 3. The summed E-state index contributed by atoms with van der Waals surface area (Å²) in [6.07, 6.45) is 9.80. The van der Waals surface area contributed by atoms with Gasteiger partial charge in [0.25, 0.3) is 0 Å². The molecular formula is C26H33FN4S. The molecule has 170 valence electrons. The van der Waals surface area contributed by atoms with Crippen molar-refractivity contribution < 1.29 is 4.39 Å². The lowest BCUT2D eigenvalue weighted by atomic mass is 9.92. The number of hydrogen-bond donors (Lipinski definition) is 1. The molecule has 0 amide bonds. The predicted molar refractivity (Wildman–Crippen MR) is 131 cm³/mol. The lowest BCUT2D eigenvalue weighted by Crippen LogP contribution is -2.41. The highest BCUT2D eigenvalue weighted by Gasteiger charge is 2.28. The molecule has 1 N–H and O–H groups in total. The highest BCUT2D eigenvalue weighted by Crippen LogP contribution is 2.39. The van der Waals surface area contributed by atoms with Crippen LogP contribution in [0.25, 0.3) is 10.2 Å². The lowest BCUT2D eigenvalue weighted by molar-refractivity contribution is 0.139. The van der Waals surface area contributed by atoms with Gasteiger partial charge in [-0.3, -0.25) is 4.90 Å². The summed E-state index contributed by atoms with van der Waals surface area (Å²) in [6.45, 7) is 6.54. The molecule has 2 aliphatic rings. The van der Waals surface area contributed by atoms with E-state index in [1.807, 2.05) is 17.4 Å². The molecule has 32 heavy (non-hydrogen) atoms. The molecule has 3 aromatic rings. The first-order valence-electron chi connectivity index (χ1n) is 12.1. The largest absolute Gasteiger partial charge is 0.367 e. The third-order valence-electron chi connectivity index (χ3n) is 6.99. The third-order valence-corrected chi connectivity index (χ3v) is 8.19. The van der Waals surface area contributed by atoms with Gasteiger partial charge in [-0.25, -0.2) is 14.4 Å². The van der Waals surface area contributed by atoms with Gasteiger partial charge in [0.05, 0.1) is 5.39 Å². The molecule has 0 bridgehead atoms. The molecule has 4 nitrogen and oxygen atoms in total. The lowest BCUT2D eigenvalue weighted by Gasteiger charge is -2.39. The predicted octanol–water partition coefficient (Wildman–Crippen LogP) is 6.37. The number of rotatable bonds is 6. The Kier molecular flexibility index (Phi) is 6.42. The number of likely N-dealkylation sites (tertiary alicyclic amines) is 1. The number of thiophene rings is 1. The van der Waals surface area contributed by atoms with Crippen molar-refractivity contribution in [3.63, 3.8) is 0 Å². The van der Waals surface area contributed by atoms with Crippen LogP contribution in [0.3, 0.4) is 0 Å². The van der Waals surface area contributed by atoms with Gasteiger partial charge in [-0.1, -0.05) is 26.0 Å². The number of nitrogens with one attached hydrogen (secondary N) is 1. The zero-order valence-corrected chi connectivity index (χ0v) is 19.9. The molecule has 1 aliphatic carbocycles. The third kappa shape index (κ3) is 4.53. The molecule has 1 saturated heterocycles. The van der Waals surface area contributed by atoms with Gasteiger partial charge >= 0.3 is 0 Å². The summed E-state index contributed by atoms with van der Waals surface area (Å²) in [5, 5.41) is 5.05. The Bertz CT molecular complexity index is 1070. The van der Waals surface area contributed by atoms with Gasteiger partial charge in [0.2, 0.25) is 0 Å². The number of piperidine rings is 1. The first-order chi connectivity index (χ1) is 15.6. The average molecular weight is 453 g/mol. The molecule has 1 aromatic carbocycles. The van der Waals surface area contributed by atoms with Crippen molar-refractivity contribution in [2.75, 3.05) is 18.4 Å². The average Bonchev–Trinajstić information content (AvgIpc) is 3.18. The van der Waals surface area contributed by atoms with E-state index in [-0.39, 0.29) is 11.9 Å². The molecular weight excluding hydrogens is 419 g/mol. The molecule has 1 aliphatic heterocycles. The van der Waals surface area contributed by atoms with Crippen LogP contribution in [0.5, 0.6) is 0 Å². The van der Waals surface area contributed by atoms with E-state index >= 15 is 0 Å². The van der Waals surface area contributed by atoms with E-state index in [0.29, 0.717) is 12.0 Å². The minimum absolute atomic E-state index is 0.139. The maximum Gasteiger partial charge on any atom is 0.138 e. The molecule has 5 rings (SSSR count). The van der Waals surface area contributed by atoms with Crippen LogP contribution in [0.4, 0.5) is 10.2 Å². The molecule has 1 fully saturated rings. The maximum absolute atomic E-state index is 13.9. The summed E-state index contributed by atoms with van der Waals surface area (Å²) in [7, 11) is 0. The maximum atomic E-state index is 13.9. The van der Waals surface area contributed by atoms with E-state index in [0.717, 1.165) is 55.0 Å². The van der Waals surface area contributed by atoms with Gasteiger partial charge in [0.1, 0.15) is 22.8 Å². The van der Waals surface area contributed by atoms with E-state index in [9.17, 15) is 4.39 Å². The number of aromatic nitrogens is 2. The Balaban J connectivity index is 1.30. The Hall–Kier alpha value is -2.05. The fourth-order valence-corrected chi connectivity index (χ4v) is 6.63. The van der Waals surface area contributed by atoms with E-state index < -0.39 is 0 Å². The number of anilines is 1. The standard InChI is InChI=1S/C26H33FN4S/c1-17(2)14-22(18-6-5-7-19(27)15-18)31-12-10-20(11-13-31)30-25-24-21-8-3-4-9-23(21)32-26(24)29-16-28-25/h5-7,15-17,20,22H,3-4,8-14H2,1-2H3,(H,28,29,30). The van der Waals surface area contributed by atoms with Gasteiger partial charge < -0.3 is 5.32 Å². The molecule has 3 heterocycles. The Morgan fingerprint density at radius 2 is 1.97 bits per heavy atom. The first-order valence-corrected chi connectivity index (χ1v) is 12.9. The molecule has 6 heteroatoms. The Morgan fingerprint density at radius 1 is 1.16 bits per heavy atom. The first kappa shape index (κ1) is 21.8. The van der Waals surface area contributed by atoms with Crippen molar-refractivity contribution in [1.82, 2.24) is 14.9 Å². The monoisotopic (exact) mass is 452 g/mol. The van der Waals surface area contributed by atoms with Crippen molar-refractivity contribution in [3.05, 3.63) is 52.4 Å². The van der Waals surface area contributed by atoms with Crippen molar-refractivity contribution in [3.8, 4) is 0 Å². The van der Waals surface area contributed by atoms with Gasteiger partial charge in [0.15, 0.2) is 0 Å². The minimum Gasteiger partial charge on any atom is -0.367 e. The van der Waals surface area contributed by atoms with Crippen LogP contribution >= 0.6 is 11.3 Å². The van der Waals surface area contributed by atoms with Crippen LogP contribution < -0.4 is 5.32 Å².